The van der Waals surface area contributed by atoms with Crippen LogP contribution in [0.15, 0.2) is 48.0 Å². The van der Waals surface area contributed by atoms with Gasteiger partial charge in [0.2, 0.25) is 0 Å². The second kappa shape index (κ2) is 11.4. The molecule has 0 aliphatic heterocycles. The molecule has 4 aromatic rings. The number of nitrogens with zero attached hydrogens (tertiary/aromatic N) is 4. The molecule has 4 rings (SSSR count). The second-order valence-electron chi connectivity index (χ2n) is 9.66. The van der Waals surface area contributed by atoms with Crippen molar-refractivity contribution in [2.24, 2.45) is 0 Å². The van der Waals surface area contributed by atoms with E-state index in [1.54, 1.807) is 20.8 Å². The van der Waals surface area contributed by atoms with Crippen LogP contribution in [0.1, 0.15) is 53.3 Å². The lowest BCUT2D eigenvalue weighted by Gasteiger charge is -2.26. The van der Waals surface area contributed by atoms with Crippen LogP contribution in [-0.4, -0.2) is 49.0 Å². The number of amides is 2. The van der Waals surface area contributed by atoms with Gasteiger partial charge >= 0.3 is 12.3 Å². The number of hydrogen-bond donors (Lipinski definition) is 2. The van der Waals surface area contributed by atoms with E-state index in [-0.39, 0.29) is 24.5 Å². The van der Waals surface area contributed by atoms with E-state index in [0.29, 0.717) is 17.3 Å². The summed E-state index contributed by atoms with van der Waals surface area (Å²) in [6.07, 6.45) is -3.53. The topological polar surface area (TPSA) is 113 Å². The summed E-state index contributed by atoms with van der Waals surface area (Å²) in [7, 11) is 0. The SMILES string of the molecule is CC(C)(C)OC(=O)N(CCc1nc(C(=O)NCc2ncccc2C(F)(F)F)cs1)Cc1nc2ccccc2[nH]1. The number of fused-ring (bicyclic) bond motifs is 1. The number of pyridine rings is 1. The third-order valence-electron chi connectivity index (χ3n) is 5.42. The standard InChI is InChI=1S/C26H27F3N6O3S/c1-25(2,3)38-24(37)35(14-21-32-17-8-4-5-9-18(17)33-21)12-10-22-34-20(15-39-22)23(36)31-13-19-16(26(27,28)29)7-6-11-30-19/h4-9,11,15H,10,12-14H2,1-3H3,(H,31,36)(H,32,33). The summed E-state index contributed by atoms with van der Waals surface area (Å²) in [6.45, 7) is 5.35. The zero-order valence-corrected chi connectivity index (χ0v) is 22.3. The molecule has 0 saturated carbocycles. The normalized spacial score (nSPS) is 11.9. The molecule has 0 aliphatic carbocycles. The predicted molar refractivity (Wildman–Crippen MR) is 139 cm³/mol. The number of H-pyrrole nitrogens is 1. The molecule has 0 spiro atoms. The van der Waals surface area contributed by atoms with Crippen LogP contribution in [0.5, 0.6) is 0 Å². The number of para-hydroxylation sites is 2. The van der Waals surface area contributed by atoms with Gasteiger partial charge in [-0.15, -0.1) is 11.3 Å². The lowest BCUT2D eigenvalue weighted by atomic mass is 10.2. The van der Waals surface area contributed by atoms with Gasteiger partial charge in [-0.3, -0.25) is 9.78 Å². The molecule has 2 amide bonds. The van der Waals surface area contributed by atoms with Crippen molar-refractivity contribution in [2.75, 3.05) is 6.54 Å². The van der Waals surface area contributed by atoms with Crippen LogP contribution in [0, 0.1) is 0 Å². The highest BCUT2D eigenvalue weighted by molar-refractivity contribution is 7.09. The molecule has 0 fully saturated rings. The maximum Gasteiger partial charge on any atom is 0.418 e. The number of hydrogen-bond acceptors (Lipinski definition) is 7. The van der Waals surface area contributed by atoms with Gasteiger partial charge < -0.3 is 19.9 Å². The van der Waals surface area contributed by atoms with Crippen molar-refractivity contribution < 1.29 is 27.5 Å². The number of carbonyl (C=O) groups excluding carboxylic acids is 2. The molecule has 39 heavy (non-hydrogen) atoms. The molecule has 0 atom stereocenters. The first kappa shape index (κ1) is 28.0. The van der Waals surface area contributed by atoms with Crippen LogP contribution in [0.3, 0.4) is 0 Å². The number of alkyl halides is 3. The summed E-state index contributed by atoms with van der Waals surface area (Å²) in [5.74, 6) is -0.0310. The minimum Gasteiger partial charge on any atom is -0.444 e. The first-order valence-corrected chi connectivity index (χ1v) is 12.9. The number of halogens is 3. The van der Waals surface area contributed by atoms with Crippen LogP contribution < -0.4 is 5.32 Å². The molecule has 1 aromatic carbocycles. The summed E-state index contributed by atoms with van der Waals surface area (Å²) in [5, 5.41) is 4.54. The van der Waals surface area contributed by atoms with Gasteiger partial charge in [0.1, 0.15) is 17.1 Å². The fourth-order valence-electron chi connectivity index (χ4n) is 3.67. The van der Waals surface area contributed by atoms with Crippen molar-refractivity contribution in [3.05, 3.63) is 75.8 Å². The van der Waals surface area contributed by atoms with Gasteiger partial charge in [0, 0.05) is 24.5 Å². The molecule has 0 saturated heterocycles. The first-order chi connectivity index (χ1) is 18.4. The Balaban J connectivity index is 1.40. The second-order valence-corrected chi connectivity index (χ2v) is 10.6. The molecule has 2 N–H and O–H groups in total. The number of benzene rings is 1. The van der Waals surface area contributed by atoms with Gasteiger partial charge in [0.05, 0.1) is 40.4 Å². The lowest BCUT2D eigenvalue weighted by molar-refractivity contribution is -0.138. The number of carbonyl (C=O) groups is 2. The molecule has 13 heteroatoms. The van der Waals surface area contributed by atoms with Crippen molar-refractivity contribution >= 4 is 34.4 Å². The summed E-state index contributed by atoms with van der Waals surface area (Å²) in [4.78, 5) is 42.8. The average Bonchev–Trinajstić information content (AvgIpc) is 3.50. The third-order valence-corrected chi connectivity index (χ3v) is 6.33. The van der Waals surface area contributed by atoms with E-state index in [2.05, 4.69) is 25.3 Å². The Bertz CT molecular complexity index is 1430. The number of thiazole rings is 1. The van der Waals surface area contributed by atoms with Crippen molar-refractivity contribution in [3.8, 4) is 0 Å². The van der Waals surface area contributed by atoms with Gasteiger partial charge in [-0.2, -0.15) is 13.2 Å². The Hall–Kier alpha value is -4.00. The summed E-state index contributed by atoms with van der Waals surface area (Å²) >= 11 is 1.21. The molecule has 0 unspecified atom stereocenters. The first-order valence-electron chi connectivity index (χ1n) is 12.0. The molecule has 0 bridgehead atoms. The summed E-state index contributed by atoms with van der Waals surface area (Å²) < 4.78 is 45.1. The van der Waals surface area contributed by atoms with Gasteiger partial charge in [-0.1, -0.05) is 12.1 Å². The van der Waals surface area contributed by atoms with Crippen molar-refractivity contribution in [2.45, 2.75) is 52.1 Å². The van der Waals surface area contributed by atoms with E-state index in [4.69, 9.17) is 4.74 Å². The molecular weight excluding hydrogens is 533 g/mol. The number of imidazole rings is 1. The zero-order valence-electron chi connectivity index (χ0n) is 21.5. The summed E-state index contributed by atoms with van der Waals surface area (Å²) in [5.41, 5.74) is -0.195. The van der Waals surface area contributed by atoms with Gasteiger partial charge in [-0.25, -0.2) is 14.8 Å². The smallest absolute Gasteiger partial charge is 0.418 e. The number of aromatic nitrogens is 4. The summed E-state index contributed by atoms with van der Waals surface area (Å²) in [6, 6.07) is 9.63. The zero-order chi connectivity index (χ0) is 28.2. The Kier molecular flexibility index (Phi) is 8.19. The molecule has 206 valence electrons. The minimum absolute atomic E-state index is 0.0700. The molecule has 3 aromatic heterocycles. The molecule has 0 radical (unpaired) electrons. The van der Waals surface area contributed by atoms with E-state index in [1.807, 2.05) is 24.3 Å². The van der Waals surface area contributed by atoms with Gasteiger partial charge in [-0.05, 0) is 45.0 Å². The predicted octanol–water partition coefficient (Wildman–Crippen LogP) is 5.34. The highest BCUT2D eigenvalue weighted by atomic mass is 32.1. The molecular formula is C26H27F3N6O3S. The molecule has 0 aliphatic rings. The van der Waals surface area contributed by atoms with Crippen LogP contribution >= 0.6 is 11.3 Å². The fraction of sp³-hybridized carbons (Fsp3) is 0.346. The van der Waals surface area contributed by atoms with E-state index in [1.165, 1.54) is 33.9 Å². The van der Waals surface area contributed by atoms with Crippen LogP contribution in [0.2, 0.25) is 0 Å². The third kappa shape index (κ3) is 7.53. The number of aromatic amines is 1. The van der Waals surface area contributed by atoms with Gasteiger partial charge in [0.15, 0.2) is 0 Å². The maximum absolute atomic E-state index is 13.2. The van der Waals surface area contributed by atoms with Crippen molar-refractivity contribution in [1.29, 1.82) is 0 Å². The molecule has 3 heterocycles. The van der Waals surface area contributed by atoms with E-state index >= 15 is 0 Å². The highest BCUT2D eigenvalue weighted by Crippen LogP contribution is 2.31. The Morgan fingerprint density at radius 2 is 1.87 bits per heavy atom. The van der Waals surface area contributed by atoms with Gasteiger partial charge in [0.25, 0.3) is 5.91 Å². The Morgan fingerprint density at radius 3 is 2.59 bits per heavy atom. The van der Waals surface area contributed by atoms with Crippen LogP contribution in [0.4, 0.5) is 18.0 Å². The minimum atomic E-state index is -4.58. The Morgan fingerprint density at radius 1 is 1.10 bits per heavy atom. The van der Waals surface area contributed by atoms with Crippen LogP contribution in [0.25, 0.3) is 11.0 Å². The number of ether oxygens (including phenoxy) is 1. The lowest BCUT2D eigenvalue weighted by Crippen LogP contribution is -2.38. The van der Waals surface area contributed by atoms with Crippen LogP contribution in [-0.2, 0) is 30.4 Å². The number of nitrogens with one attached hydrogen (secondary N) is 2. The van der Waals surface area contributed by atoms with E-state index in [9.17, 15) is 22.8 Å². The number of rotatable bonds is 8. The fourth-order valence-corrected chi connectivity index (χ4v) is 4.44. The van der Waals surface area contributed by atoms with Crippen molar-refractivity contribution in [3.63, 3.8) is 0 Å². The van der Waals surface area contributed by atoms with E-state index in [0.717, 1.165) is 17.1 Å². The molecule has 9 nitrogen and oxygen atoms in total. The van der Waals surface area contributed by atoms with E-state index < -0.39 is 35.9 Å². The Labute approximate surface area is 226 Å². The quantitative estimate of drug-likeness (QED) is 0.301. The average molecular weight is 561 g/mol. The highest BCUT2D eigenvalue weighted by Gasteiger charge is 2.33. The largest absolute Gasteiger partial charge is 0.444 e. The maximum atomic E-state index is 13.2. The van der Waals surface area contributed by atoms with Crippen molar-refractivity contribution in [1.82, 2.24) is 30.2 Å². The monoisotopic (exact) mass is 560 g/mol.